The first kappa shape index (κ1) is 27.4. The topological polar surface area (TPSA) is 79.4 Å². The van der Waals surface area contributed by atoms with Crippen molar-refractivity contribution in [1.29, 1.82) is 0 Å². The molecule has 2 heterocycles. The lowest BCUT2D eigenvalue weighted by molar-refractivity contribution is -0.137. The second-order valence-corrected chi connectivity index (χ2v) is 11.9. The Kier molecular flexibility index (Phi) is 9.45. The van der Waals surface area contributed by atoms with Gasteiger partial charge in [0, 0.05) is 33.3 Å². The van der Waals surface area contributed by atoms with Gasteiger partial charge in [-0.3, -0.25) is 9.10 Å². The van der Waals surface area contributed by atoms with Crippen molar-refractivity contribution in [3.63, 3.8) is 0 Å². The maximum absolute atomic E-state index is 13.1. The van der Waals surface area contributed by atoms with Crippen LogP contribution in [0.4, 0.5) is 5.69 Å². The summed E-state index contributed by atoms with van der Waals surface area (Å²) in [6.45, 7) is 4.62. The molecule has 1 amide bonds. The highest BCUT2D eigenvalue weighted by atomic mass is 32.2. The smallest absolute Gasteiger partial charge is 0.264 e. The van der Waals surface area contributed by atoms with E-state index in [0.717, 1.165) is 37.9 Å². The predicted octanol–water partition coefficient (Wildman–Crippen LogP) is 3.90. The summed E-state index contributed by atoms with van der Waals surface area (Å²) < 4.78 is 38.2. The normalized spacial score (nSPS) is 18.6. The minimum atomic E-state index is -3.71. The van der Waals surface area contributed by atoms with Crippen LogP contribution >= 0.6 is 0 Å². The van der Waals surface area contributed by atoms with E-state index in [9.17, 15) is 13.2 Å². The molecular formula is C28H39N3O5S. The molecule has 0 saturated carbocycles. The fourth-order valence-corrected chi connectivity index (χ4v) is 6.36. The van der Waals surface area contributed by atoms with Crippen molar-refractivity contribution >= 4 is 21.6 Å². The van der Waals surface area contributed by atoms with E-state index in [-0.39, 0.29) is 23.5 Å². The van der Waals surface area contributed by atoms with Crippen LogP contribution < -0.4 is 9.04 Å². The molecule has 0 spiro atoms. The molecule has 202 valence electrons. The molecule has 2 saturated heterocycles. The van der Waals surface area contributed by atoms with E-state index in [1.54, 1.807) is 55.6 Å². The third-order valence-corrected chi connectivity index (χ3v) is 9.18. The maximum atomic E-state index is 13.1. The minimum Gasteiger partial charge on any atom is -0.484 e. The fourth-order valence-electron chi connectivity index (χ4n) is 5.17. The molecule has 0 bridgehead atoms. The first-order chi connectivity index (χ1) is 17.9. The molecule has 0 aliphatic carbocycles. The largest absolute Gasteiger partial charge is 0.484 e. The number of sulfonamides is 1. The molecule has 4 rings (SSSR count). The quantitative estimate of drug-likeness (QED) is 0.439. The number of benzene rings is 2. The van der Waals surface area contributed by atoms with Crippen molar-refractivity contribution < 1.29 is 22.7 Å². The number of methoxy groups -OCH3 is 1. The zero-order valence-corrected chi connectivity index (χ0v) is 22.8. The summed E-state index contributed by atoms with van der Waals surface area (Å²) in [6.07, 6.45) is 6.86. The summed E-state index contributed by atoms with van der Waals surface area (Å²) in [5.74, 6) is 0.559. The molecule has 9 heteroatoms. The van der Waals surface area contributed by atoms with Gasteiger partial charge in [-0.2, -0.15) is 0 Å². The average Bonchev–Trinajstić information content (AvgIpc) is 3.45. The highest BCUT2D eigenvalue weighted by Crippen LogP contribution is 2.26. The van der Waals surface area contributed by atoms with Crippen LogP contribution in [-0.4, -0.2) is 77.1 Å². The molecule has 1 atom stereocenters. The van der Waals surface area contributed by atoms with Crippen LogP contribution in [0.1, 0.15) is 44.1 Å². The molecule has 2 fully saturated rings. The van der Waals surface area contributed by atoms with Crippen LogP contribution in [0.5, 0.6) is 5.75 Å². The van der Waals surface area contributed by atoms with Crippen LogP contribution in [0.3, 0.4) is 0 Å². The molecule has 0 N–H and O–H groups in total. The molecular weight excluding hydrogens is 490 g/mol. The second-order valence-electron chi connectivity index (χ2n) is 9.91. The first-order valence-corrected chi connectivity index (χ1v) is 14.6. The third kappa shape index (κ3) is 7.03. The molecule has 2 aromatic rings. The van der Waals surface area contributed by atoms with Gasteiger partial charge in [0.2, 0.25) is 0 Å². The number of nitrogens with zero attached hydrogens (tertiary/aromatic N) is 3. The van der Waals surface area contributed by atoms with E-state index in [2.05, 4.69) is 4.90 Å². The molecule has 37 heavy (non-hydrogen) atoms. The summed E-state index contributed by atoms with van der Waals surface area (Å²) in [4.78, 5) is 17.7. The number of anilines is 1. The minimum absolute atomic E-state index is 0.0124. The SMILES string of the molecule is COCc1ccc(S(=O)(=O)N(C)c2ccc(OCC(=O)N3CCCCC3CCN3CCCC3)cc2)cc1. The van der Waals surface area contributed by atoms with Gasteiger partial charge in [-0.25, -0.2) is 8.42 Å². The van der Waals surface area contributed by atoms with Gasteiger partial charge >= 0.3 is 0 Å². The number of hydrogen-bond acceptors (Lipinski definition) is 6. The van der Waals surface area contributed by atoms with Crippen LogP contribution in [0, 0.1) is 0 Å². The standard InChI is InChI=1S/C28H39N3O5S/c1-29(37(33,34)27-14-8-23(9-15-27)21-35-2)24-10-12-26(13-11-24)36-22-28(32)31-19-4-3-7-25(31)16-20-30-17-5-6-18-30/h8-15,25H,3-7,16-22H2,1-2H3. The Bertz CT molecular complexity index is 1120. The first-order valence-electron chi connectivity index (χ1n) is 13.2. The van der Waals surface area contributed by atoms with Gasteiger partial charge in [-0.05, 0) is 93.6 Å². The number of carbonyl (C=O) groups is 1. The Labute approximate surface area is 221 Å². The number of hydrogen-bond donors (Lipinski definition) is 0. The van der Waals surface area contributed by atoms with E-state index in [4.69, 9.17) is 9.47 Å². The zero-order valence-electron chi connectivity index (χ0n) is 22.0. The number of carbonyl (C=O) groups excluding carboxylic acids is 1. The van der Waals surface area contributed by atoms with Crippen molar-refractivity contribution in [2.75, 3.05) is 51.2 Å². The van der Waals surface area contributed by atoms with Gasteiger partial charge in [-0.1, -0.05) is 12.1 Å². The van der Waals surface area contributed by atoms with Crippen molar-refractivity contribution in [3.05, 3.63) is 54.1 Å². The van der Waals surface area contributed by atoms with Gasteiger partial charge in [-0.15, -0.1) is 0 Å². The lowest BCUT2D eigenvalue weighted by Gasteiger charge is -2.36. The molecule has 2 aliphatic heterocycles. The van der Waals surface area contributed by atoms with Gasteiger partial charge in [0.15, 0.2) is 6.61 Å². The Hall–Kier alpha value is -2.62. The van der Waals surface area contributed by atoms with Crippen molar-refractivity contribution in [2.24, 2.45) is 0 Å². The molecule has 2 aromatic carbocycles. The van der Waals surface area contributed by atoms with Gasteiger partial charge in [0.25, 0.3) is 15.9 Å². The lowest BCUT2D eigenvalue weighted by Crippen LogP contribution is -2.47. The number of rotatable bonds is 11. The highest BCUT2D eigenvalue weighted by Gasteiger charge is 2.28. The predicted molar refractivity (Wildman–Crippen MR) is 144 cm³/mol. The summed E-state index contributed by atoms with van der Waals surface area (Å²) in [7, 11) is -0.583. The van der Waals surface area contributed by atoms with Crippen molar-refractivity contribution in [2.45, 2.75) is 56.1 Å². The maximum Gasteiger partial charge on any atom is 0.264 e. The third-order valence-electron chi connectivity index (χ3n) is 7.38. The summed E-state index contributed by atoms with van der Waals surface area (Å²) in [5, 5.41) is 0. The lowest BCUT2D eigenvalue weighted by atomic mass is 9.99. The summed E-state index contributed by atoms with van der Waals surface area (Å²) in [6, 6.07) is 13.7. The average molecular weight is 530 g/mol. The molecule has 1 unspecified atom stereocenters. The van der Waals surface area contributed by atoms with Crippen LogP contribution in [-0.2, 0) is 26.2 Å². The Morgan fingerprint density at radius 3 is 2.32 bits per heavy atom. The summed E-state index contributed by atoms with van der Waals surface area (Å²) in [5.41, 5.74) is 1.42. The monoisotopic (exact) mass is 529 g/mol. The van der Waals surface area contributed by atoms with E-state index in [0.29, 0.717) is 18.0 Å². The van der Waals surface area contributed by atoms with Crippen LogP contribution in [0.15, 0.2) is 53.4 Å². The molecule has 2 aliphatic rings. The van der Waals surface area contributed by atoms with E-state index in [1.807, 2.05) is 4.90 Å². The Morgan fingerprint density at radius 1 is 0.973 bits per heavy atom. The molecule has 0 aromatic heterocycles. The van der Waals surface area contributed by atoms with Gasteiger partial charge in [0.05, 0.1) is 17.2 Å². The van der Waals surface area contributed by atoms with Crippen LogP contribution in [0.2, 0.25) is 0 Å². The molecule has 0 radical (unpaired) electrons. The van der Waals surface area contributed by atoms with E-state index >= 15 is 0 Å². The fraction of sp³-hybridized carbons (Fsp3) is 0.536. The van der Waals surface area contributed by atoms with Crippen molar-refractivity contribution in [3.8, 4) is 5.75 Å². The Balaban J connectivity index is 1.31. The van der Waals surface area contributed by atoms with Gasteiger partial charge in [0.1, 0.15) is 5.75 Å². The Morgan fingerprint density at radius 2 is 1.65 bits per heavy atom. The highest BCUT2D eigenvalue weighted by molar-refractivity contribution is 7.92. The second kappa shape index (κ2) is 12.8. The van der Waals surface area contributed by atoms with Crippen molar-refractivity contribution in [1.82, 2.24) is 9.80 Å². The zero-order chi connectivity index (χ0) is 26.3. The van der Waals surface area contributed by atoms with E-state index < -0.39 is 10.0 Å². The van der Waals surface area contributed by atoms with Gasteiger partial charge < -0.3 is 19.3 Å². The number of amides is 1. The number of ether oxygens (including phenoxy) is 2. The number of piperidine rings is 1. The van der Waals surface area contributed by atoms with Crippen LogP contribution in [0.25, 0.3) is 0 Å². The van der Waals surface area contributed by atoms with E-state index in [1.165, 1.54) is 43.7 Å². The summed E-state index contributed by atoms with van der Waals surface area (Å²) >= 11 is 0. The number of likely N-dealkylation sites (tertiary alicyclic amines) is 2. The molecule has 8 nitrogen and oxygen atoms in total.